The van der Waals surface area contributed by atoms with E-state index in [9.17, 15) is 4.39 Å². The predicted molar refractivity (Wildman–Crippen MR) is 97.3 cm³/mol. The van der Waals surface area contributed by atoms with Crippen molar-refractivity contribution in [3.05, 3.63) is 58.3 Å². The number of fused-ring (bicyclic) bond motifs is 1. The molecule has 142 valence electrons. The highest BCUT2D eigenvalue weighted by Gasteiger charge is 2.46. The highest BCUT2D eigenvalue weighted by Crippen LogP contribution is 2.38. The molecule has 9 heteroatoms. The van der Waals surface area contributed by atoms with Crippen molar-refractivity contribution in [1.29, 1.82) is 0 Å². The number of aliphatic imine (C=N–C) groups is 1. The second-order valence-corrected chi connectivity index (χ2v) is 7.26. The Bertz CT molecular complexity index is 906. The fraction of sp³-hybridized carbons (Fsp3) is 0.389. The van der Waals surface area contributed by atoms with Gasteiger partial charge in [0.2, 0.25) is 0 Å². The molecule has 4 rings (SSSR count). The lowest BCUT2D eigenvalue weighted by atomic mass is 10.0. The Morgan fingerprint density at radius 3 is 2.59 bits per heavy atom. The molecule has 2 aliphatic heterocycles. The van der Waals surface area contributed by atoms with E-state index in [4.69, 9.17) is 0 Å². The summed E-state index contributed by atoms with van der Waals surface area (Å²) in [6, 6.07) is 0.674. The van der Waals surface area contributed by atoms with E-state index in [0.717, 1.165) is 34.9 Å². The second-order valence-electron chi connectivity index (χ2n) is 6.51. The van der Waals surface area contributed by atoms with E-state index in [1.807, 2.05) is 17.9 Å². The minimum Gasteiger partial charge on any atom is -0.325 e. The van der Waals surface area contributed by atoms with E-state index < -0.39 is 17.9 Å². The molecule has 0 spiro atoms. The zero-order valence-electron chi connectivity index (χ0n) is 14.9. The SMILES string of the molecule is Cc1nsc(C2=NCC=C3[C@@H](C)N(C(F)(F)c4ccc(F)cc4)CCN32)n1. The maximum atomic E-state index is 15.1. The van der Waals surface area contributed by atoms with Gasteiger partial charge < -0.3 is 4.90 Å². The number of benzene rings is 1. The highest BCUT2D eigenvalue weighted by molar-refractivity contribution is 7.07. The molecule has 27 heavy (non-hydrogen) atoms. The van der Waals surface area contributed by atoms with Gasteiger partial charge in [-0.2, -0.15) is 13.2 Å². The van der Waals surface area contributed by atoms with Crippen LogP contribution < -0.4 is 0 Å². The lowest BCUT2D eigenvalue weighted by Crippen LogP contribution is -2.57. The molecule has 0 unspecified atom stereocenters. The normalized spacial score (nSPS) is 20.9. The van der Waals surface area contributed by atoms with E-state index >= 15 is 8.78 Å². The summed E-state index contributed by atoms with van der Waals surface area (Å²) in [5.41, 5.74) is 0.565. The number of alkyl halides is 2. The van der Waals surface area contributed by atoms with Gasteiger partial charge >= 0.3 is 6.05 Å². The maximum Gasteiger partial charge on any atom is 0.332 e. The zero-order valence-corrected chi connectivity index (χ0v) is 15.7. The van der Waals surface area contributed by atoms with Gasteiger partial charge in [0.25, 0.3) is 0 Å². The molecule has 1 atom stereocenters. The molecule has 2 aromatic rings. The van der Waals surface area contributed by atoms with Crippen LogP contribution in [0.5, 0.6) is 0 Å². The van der Waals surface area contributed by atoms with Crippen LogP contribution in [0.3, 0.4) is 0 Å². The van der Waals surface area contributed by atoms with Crippen molar-refractivity contribution >= 4 is 17.4 Å². The molecule has 0 aliphatic carbocycles. The van der Waals surface area contributed by atoms with Gasteiger partial charge in [0, 0.05) is 24.4 Å². The summed E-state index contributed by atoms with van der Waals surface area (Å²) >= 11 is 1.26. The summed E-state index contributed by atoms with van der Waals surface area (Å²) in [5, 5.41) is 0.698. The molecular weight excluding hydrogens is 375 g/mol. The Kier molecular flexibility index (Phi) is 4.51. The predicted octanol–water partition coefficient (Wildman–Crippen LogP) is 3.39. The number of aryl methyl sites for hydroxylation is 1. The molecule has 3 heterocycles. The van der Waals surface area contributed by atoms with Crippen LogP contribution in [0.25, 0.3) is 0 Å². The summed E-state index contributed by atoms with van der Waals surface area (Å²) in [5.74, 6) is 0.827. The Morgan fingerprint density at radius 2 is 1.93 bits per heavy atom. The molecule has 0 amide bonds. The first kappa shape index (κ1) is 18.1. The molecular formula is C18H18F3N5S. The topological polar surface area (TPSA) is 44.6 Å². The van der Waals surface area contributed by atoms with Crippen LogP contribution in [0.1, 0.15) is 23.3 Å². The molecule has 0 N–H and O–H groups in total. The monoisotopic (exact) mass is 393 g/mol. The Balaban J connectivity index is 1.61. The third-order valence-electron chi connectivity index (χ3n) is 4.84. The fourth-order valence-corrected chi connectivity index (χ4v) is 4.20. The number of halogens is 3. The number of piperazine rings is 1. The molecule has 1 aromatic heterocycles. The van der Waals surface area contributed by atoms with Gasteiger partial charge in [-0.25, -0.2) is 14.3 Å². The Morgan fingerprint density at radius 1 is 1.19 bits per heavy atom. The third-order valence-corrected chi connectivity index (χ3v) is 5.64. The summed E-state index contributed by atoms with van der Waals surface area (Å²) in [6.45, 7) is 4.48. The summed E-state index contributed by atoms with van der Waals surface area (Å²) in [4.78, 5) is 12.0. The lowest BCUT2D eigenvalue weighted by molar-refractivity contribution is -0.175. The highest BCUT2D eigenvalue weighted by atomic mass is 32.1. The van der Waals surface area contributed by atoms with Gasteiger partial charge in [0.15, 0.2) is 10.8 Å². The van der Waals surface area contributed by atoms with Crippen molar-refractivity contribution in [3.63, 3.8) is 0 Å². The van der Waals surface area contributed by atoms with E-state index in [2.05, 4.69) is 14.3 Å². The first-order valence-corrected chi connectivity index (χ1v) is 9.38. The first-order chi connectivity index (χ1) is 12.9. The Hall–Kier alpha value is -2.26. The number of nitrogens with zero attached hydrogens (tertiary/aromatic N) is 5. The van der Waals surface area contributed by atoms with Crippen LogP contribution in [0, 0.1) is 12.7 Å². The number of hydrogen-bond donors (Lipinski definition) is 0. The minimum atomic E-state index is -3.20. The van der Waals surface area contributed by atoms with Gasteiger partial charge in [-0.15, -0.1) is 0 Å². The van der Waals surface area contributed by atoms with Gasteiger partial charge in [-0.1, -0.05) is 0 Å². The van der Waals surface area contributed by atoms with Crippen LogP contribution in [0.15, 0.2) is 41.0 Å². The van der Waals surface area contributed by atoms with Gasteiger partial charge in [0.1, 0.15) is 11.6 Å². The average molecular weight is 393 g/mol. The van der Waals surface area contributed by atoms with Gasteiger partial charge in [0.05, 0.1) is 12.6 Å². The van der Waals surface area contributed by atoms with E-state index in [1.165, 1.54) is 11.5 Å². The van der Waals surface area contributed by atoms with Crippen molar-refractivity contribution in [2.24, 2.45) is 4.99 Å². The largest absolute Gasteiger partial charge is 0.332 e. The molecule has 0 bridgehead atoms. The number of rotatable bonds is 3. The summed E-state index contributed by atoms with van der Waals surface area (Å²) in [7, 11) is 0. The first-order valence-electron chi connectivity index (χ1n) is 8.61. The van der Waals surface area contributed by atoms with Crippen LogP contribution in [-0.2, 0) is 6.05 Å². The number of hydrogen-bond acceptors (Lipinski definition) is 6. The quantitative estimate of drug-likeness (QED) is 0.750. The molecule has 0 radical (unpaired) electrons. The molecule has 2 aliphatic rings. The van der Waals surface area contributed by atoms with Gasteiger partial charge in [-0.3, -0.25) is 4.99 Å². The van der Waals surface area contributed by atoms with Crippen LogP contribution >= 0.6 is 11.5 Å². The van der Waals surface area contributed by atoms with Crippen LogP contribution in [0.2, 0.25) is 0 Å². The van der Waals surface area contributed by atoms with Crippen molar-refractivity contribution < 1.29 is 13.2 Å². The van der Waals surface area contributed by atoms with Crippen LogP contribution in [0.4, 0.5) is 13.2 Å². The minimum absolute atomic E-state index is 0.139. The molecule has 0 saturated carbocycles. The zero-order chi connectivity index (χ0) is 19.2. The smallest absolute Gasteiger partial charge is 0.325 e. The second kappa shape index (κ2) is 6.72. The standard InChI is InChI=1S/C18H18F3N5S/c1-11-15-7-8-22-16(17-23-12(2)24-27-17)25(15)9-10-26(11)18(20,21)13-3-5-14(19)6-4-13/h3-7,11H,8-10H2,1-2H3/t11-/m1/s1. The molecule has 1 saturated heterocycles. The Labute approximate surface area is 159 Å². The van der Waals surface area contributed by atoms with Crippen molar-refractivity contribution in [2.45, 2.75) is 25.9 Å². The fourth-order valence-electron chi connectivity index (χ4n) is 3.51. The maximum absolute atomic E-state index is 15.1. The number of aromatic nitrogens is 2. The summed E-state index contributed by atoms with van der Waals surface area (Å²) < 4.78 is 47.5. The van der Waals surface area contributed by atoms with Crippen LogP contribution in [-0.4, -0.2) is 50.7 Å². The number of amidine groups is 1. The molecule has 5 nitrogen and oxygen atoms in total. The molecule has 1 aromatic carbocycles. The molecule has 1 fully saturated rings. The summed E-state index contributed by atoms with van der Waals surface area (Å²) in [6.07, 6.45) is 1.87. The van der Waals surface area contributed by atoms with Crippen molar-refractivity contribution in [3.8, 4) is 0 Å². The van der Waals surface area contributed by atoms with E-state index in [-0.39, 0.29) is 12.1 Å². The third kappa shape index (κ3) is 3.14. The van der Waals surface area contributed by atoms with Crippen molar-refractivity contribution in [2.75, 3.05) is 19.6 Å². The van der Waals surface area contributed by atoms with E-state index in [0.29, 0.717) is 29.8 Å². The van der Waals surface area contributed by atoms with Gasteiger partial charge in [-0.05, 0) is 55.7 Å². The van der Waals surface area contributed by atoms with Crippen molar-refractivity contribution in [1.82, 2.24) is 19.2 Å². The lowest BCUT2D eigenvalue weighted by Gasteiger charge is -2.46. The average Bonchev–Trinajstić information content (AvgIpc) is 3.08. The van der Waals surface area contributed by atoms with E-state index in [1.54, 1.807) is 6.92 Å².